The van der Waals surface area contributed by atoms with E-state index in [1.807, 2.05) is 0 Å². The van der Waals surface area contributed by atoms with Crippen molar-refractivity contribution in [3.05, 3.63) is 29.8 Å². The molecule has 2 aliphatic rings. The van der Waals surface area contributed by atoms with Crippen molar-refractivity contribution in [1.29, 1.82) is 0 Å². The van der Waals surface area contributed by atoms with Gasteiger partial charge in [0.15, 0.2) is 11.6 Å². The molecule has 1 aromatic rings. The van der Waals surface area contributed by atoms with Gasteiger partial charge in [0.05, 0.1) is 10.6 Å². The van der Waals surface area contributed by atoms with Gasteiger partial charge in [-0.05, 0) is 50.3 Å². The summed E-state index contributed by atoms with van der Waals surface area (Å²) in [5.74, 6) is -3.86. The van der Waals surface area contributed by atoms with Crippen molar-refractivity contribution in [2.75, 3.05) is 38.5 Å². The minimum atomic E-state index is -4.09. The Morgan fingerprint density at radius 2 is 1.77 bits per heavy atom. The van der Waals surface area contributed by atoms with Crippen LogP contribution in [0.15, 0.2) is 23.1 Å². The third kappa shape index (κ3) is 6.36. The van der Waals surface area contributed by atoms with E-state index in [1.165, 1.54) is 0 Å². The molecule has 0 aliphatic carbocycles. The molecule has 2 saturated heterocycles. The molecule has 0 saturated carbocycles. The lowest BCUT2D eigenvalue weighted by Gasteiger charge is -2.33. The van der Waals surface area contributed by atoms with E-state index in [4.69, 9.17) is 0 Å². The molecule has 2 heterocycles. The van der Waals surface area contributed by atoms with E-state index in [9.17, 15) is 35.2 Å². The fourth-order valence-electron chi connectivity index (χ4n) is 4.43. The van der Waals surface area contributed by atoms with Crippen molar-refractivity contribution in [1.82, 2.24) is 13.5 Å². The van der Waals surface area contributed by atoms with Gasteiger partial charge in [0.2, 0.25) is 31.9 Å². The number of nitrogens with zero attached hydrogens (tertiary/aromatic N) is 3. The number of piperidine rings is 1. The summed E-state index contributed by atoms with van der Waals surface area (Å²) in [6.45, 7) is 2.54. The van der Waals surface area contributed by atoms with Gasteiger partial charge in [-0.25, -0.2) is 29.9 Å². The molecule has 0 atom stereocenters. The third-order valence-electron chi connectivity index (χ3n) is 6.34. The maximum absolute atomic E-state index is 13.5. The summed E-state index contributed by atoms with van der Waals surface area (Å²) in [5, 5.41) is 0. The monoisotopic (exact) mass is 535 g/mol. The first-order valence-corrected chi connectivity index (χ1v) is 14.8. The SMILES string of the molecule is CCCS(=O)(=O)N(CCCN1CCCC1=O)C(=O)C1CCN(S(=O)(=O)c2ccc(F)c(F)c2)CC1. The van der Waals surface area contributed by atoms with Crippen LogP contribution in [0.5, 0.6) is 0 Å². The molecule has 196 valence electrons. The van der Waals surface area contributed by atoms with Gasteiger partial charge >= 0.3 is 0 Å². The van der Waals surface area contributed by atoms with E-state index < -0.39 is 43.5 Å². The second kappa shape index (κ2) is 11.3. The summed E-state index contributed by atoms with van der Waals surface area (Å²) in [6.07, 6.45) is 2.10. The molecular formula is C22H31F2N3O6S2. The zero-order valence-corrected chi connectivity index (χ0v) is 21.3. The molecule has 0 spiro atoms. The third-order valence-corrected chi connectivity index (χ3v) is 10.2. The lowest BCUT2D eigenvalue weighted by molar-refractivity contribution is -0.131. The van der Waals surface area contributed by atoms with Gasteiger partial charge in [0.25, 0.3) is 0 Å². The zero-order valence-electron chi connectivity index (χ0n) is 19.7. The highest BCUT2D eigenvalue weighted by atomic mass is 32.2. The molecule has 1 aromatic carbocycles. The Balaban J connectivity index is 1.66. The topological polar surface area (TPSA) is 112 Å². The number of sulfonamides is 2. The molecule has 0 radical (unpaired) electrons. The highest BCUT2D eigenvalue weighted by molar-refractivity contribution is 7.89. The average molecular weight is 536 g/mol. The molecule has 0 aromatic heterocycles. The largest absolute Gasteiger partial charge is 0.343 e. The first-order chi connectivity index (χ1) is 16.5. The van der Waals surface area contributed by atoms with Crippen molar-refractivity contribution in [3.63, 3.8) is 0 Å². The Morgan fingerprint density at radius 1 is 1.09 bits per heavy atom. The number of halogens is 2. The number of rotatable bonds is 10. The van der Waals surface area contributed by atoms with Gasteiger partial charge in [-0.1, -0.05) is 6.92 Å². The second-order valence-electron chi connectivity index (χ2n) is 8.82. The van der Waals surface area contributed by atoms with E-state index >= 15 is 0 Å². The van der Waals surface area contributed by atoms with Crippen LogP contribution in [0.4, 0.5) is 8.78 Å². The molecule has 13 heteroatoms. The van der Waals surface area contributed by atoms with Crippen LogP contribution in [0.1, 0.15) is 45.4 Å². The minimum absolute atomic E-state index is 0.0221. The van der Waals surface area contributed by atoms with Crippen LogP contribution < -0.4 is 0 Å². The van der Waals surface area contributed by atoms with Crippen LogP contribution in [0.25, 0.3) is 0 Å². The summed E-state index contributed by atoms with van der Waals surface area (Å²) in [6, 6.07) is 2.34. The van der Waals surface area contributed by atoms with E-state index in [1.54, 1.807) is 11.8 Å². The van der Waals surface area contributed by atoms with Crippen LogP contribution in [0.2, 0.25) is 0 Å². The van der Waals surface area contributed by atoms with E-state index in [0.29, 0.717) is 38.4 Å². The molecular weight excluding hydrogens is 504 g/mol. The number of amides is 2. The Kier molecular flexibility index (Phi) is 8.86. The number of carbonyl (C=O) groups is 2. The van der Waals surface area contributed by atoms with Crippen LogP contribution >= 0.6 is 0 Å². The maximum atomic E-state index is 13.5. The van der Waals surface area contributed by atoms with Gasteiger partial charge < -0.3 is 4.90 Å². The maximum Gasteiger partial charge on any atom is 0.243 e. The van der Waals surface area contributed by atoms with Crippen molar-refractivity contribution >= 4 is 31.9 Å². The predicted molar refractivity (Wildman–Crippen MR) is 124 cm³/mol. The quantitative estimate of drug-likeness (QED) is 0.453. The molecule has 2 fully saturated rings. The summed E-state index contributed by atoms with van der Waals surface area (Å²) in [7, 11) is -7.94. The van der Waals surface area contributed by atoms with E-state index in [2.05, 4.69) is 0 Å². The second-order valence-corrected chi connectivity index (χ2v) is 12.8. The smallest absolute Gasteiger partial charge is 0.243 e. The van der Waals surface area contributed by atoms with Crippen LogP contribution in [0, 0.1) is 17.6 Å². The predicted octanol–water partition coefficient (Wildman–Crippen LogP) is 1.95. The number of hydrogen-bond donors (Lipinski definition) is 0. The zero-order chi connectivity index (χ0) is 25.8. The van der Waals surface area contributed by atoms with Crippen molar-refractivity contribution in [2.24, 2.45) is 5.92 Å². The standard InChI is InChI=1S/C22H31F2N3O6S2/c1-2-15-34(30,31)27(12-4-11-25-10-3-5-21(25)28)22(29)17-8-13-26(14-9-17)35(32,33)18-6-7-19(23)20(24)16-18/h6-7,16-17H,2-5,8-15H2,1H3. The first kappa shape index (κ1) is 27.5. The van der Waals surface area contributed by atoms with Gasteiger partial charge in [-0.15, -0.1) is 0 Å². The number of carbonyl (C=O) groups excluding carboxylic acids is 2. The van der Waals surface area contributed by atoms with E-state index in [-0.39, 0.29) is 49.0 Å². The summed E-state index contributed by atoms with van der Waals surface area (Å²) < 4.78 is 80.0. The molecule has 35 heavy (non-hydrogen) atoms. The summed E-state index contributed by atoms with van der Waals surface area (Å²) >= 11 is 0. The fourth-order valence-corrected chi connectivity index (χ4v) is 7.48. The fraction of sp³-hybridized carbons (Fsp3) is 0.636. The lowest BCUT2D eigenvalue weighted by atomic mass is 9.97. The van der Waals surface area contributed by atoms with Gasteiger partial charge in [0.1, 0.15) is 0 Å². The van der Waals surface area contributed by atoms with Crippen molar-refractivity contribution < 1.29 is 35.2 Å². The number of benzene rings is 1. The van der Waals surface area contributed by atoms with Gasteiger partial charge in [-0.2, -0.15) is 4.31 Å². The molecule has 0 N–H and O–H groups in total. The molecule has 2 aliphatic heterocycles. The highest BCUT2D eigenvalue weighted by Crippen LogP contribution is 2.27. The lowest BCUT2D eigenvalue weighted by Crippen LogP contribution is -2.47. The normalized spacial score (nSPS) is 18.3. The Labute approximate surface area is 205 Å². The Hall–Kier alpha value is -2.12. The average Bonchev–Trinajstić information content (AvgIpc) is 3.22. The van der Waals surface area contributed by atoms with Crippen LogP contribution in [0.3, 0.4) is 0 Å². The minimum Gasteiger partial charge on any atom is -0.343 e. The molecule has 0 unspecified atom stereocenters. The molecule has 2 amide bonds. The number of hydrogen-bond acceptors (Lipinski definition) is 6. The van der Waals surface area contributed by atoms with Crippen LogP contribution in [-0.2, 0) is 29.6 Å². The van der Waals surface area contributed by atoms with E-state index in [0.717, 1.165) is 27.2 Å². The van der Waals surface area contributed by atoms with Gasteiger partial charge in [-0.3, -0.25) is 9.59 Å². The Bertz CT molecular complexity index is 1150. The summed E-state index contributed by atoms with van der Waals surface area (Å²) in [4.78, 5) is 26.3. The Morgan fingerprint density at radius 3 is 2.34 bits per heavy atom. The highest BCUT2D eigenvalue weighted by Gasteiger charge is 2.37. The molecule has 3 rings (SSSR count). The summed E-state index contributed by atoms with van der Waals surface area (Å²) in [5.41, 5.74) is 0. The van der Waals surface area contributed by atoms with Crippen LogP contribution in [-0.4, -0.2) is 80.6 Å². The van der Waals surface area contributed by atoms with Crippen molar-refractivity contribution in [3.8, 4) is 0 Å². The molecule has 9 nitrogen and oxygen atoms in total. The van der Waals surface area contributed by atoms with Gasteiger partial charge in [0, 0.05) is 45.1 Å². The first-order valence-electron chi connectivity index (χ1n) is 11.7. The van der Waals surface area contributed by atoms with Crippen molar-refractivity contribution in [2.45, 2.75) is 50.3 Å². The molecule has 0 bridgehead atoms. The number of likely N-dealkylation sites (tertiary alicyclic amines) is 1.